The lowest BCUT2D eigenvalue weighted by molar-refractivity contribution is 0.259. The van der Waals surface area contributed by atoms with E-state index in [0.29, 0.717) is 11.5 Å². The molecule has 0 unspecified atom stereocenters. The number of amides is 2. The topological polar surface area (TPSA) is 70.7 Å². The van der Waals surface area contributed by atoms with Crippen LogP contribution < -0.4 is 16.0 Å². The van der Waals surface area contributed by atoms with Crippen molar-refractivity contribution in [3.8, 4) is 0 Å². The maximum absolute atomic E-state index is 13.1. The molecule has 4 rings (SSSR count). The van der Waals surface area contributed by atoms with Crippen LogP contribution in [0.1, 0.15) is 4.88 Å². The van der Waals surface area contributed by atoms with Gasteiger partial charge >= 0.3 is 6.03 Å². The minimum absolute atomic E-state index is 0. The second-order valence-corrected chi connectivity index (χ2v) is 7.41. The predicted molar refractivity (Wildman–Crippen MR) is 132 cm³/mol. The number of anilines is 3. The van der Waals surface area contributed by atoms with Gasteiger partial charge in [0.15, 0.2) is 0 Å². The quantitative estimate of drug-likeness (QED) is 0.267. The SMILES string of the molecule is Cl.NC(=Nc1ccc(NC(=O)N(c2ccccc2)c2ccccc2)cc1)c1cccs1. The fourth-order valence-electron chi connectivity index (χ4n) is 2.95. The van der Waals surface area contributed by atoms with Crippen LogP contribution in [0.15, 0.2) is 107 Å². The molecule has 5 nitrogen and oxygen atoms in total. The van der Waals surface area contributed by atoms with Gasteiger partial charge in [0.1, 0.15) is 5.84 Å². The molecule has 0 bridgehead atoms. The largest absolute Gasteiger partial charge is 0.383 e. The van der Waals surface area contributed by atoms with E-state index in [9.17, 15) is 4.79 Å². The number of thiophene rings is 1. The van der Waals surface area contributed by atoms with Crippen LogP contribution in [0.2, 0.25) is 0 Å². The number of urea groups is 1. The molecule has 31 heavy (non-hydrogen) atoms. The number of carbonyl (C=O) groups is 1. The first-order valence-electron chi connectivity index (χ1n) is 9.40. The molecule has 0 fully saturated rings. The molecule has 0 radical (unpaired) electrons. The molecule has 3 aromatic carbocycles. The van der Waals surface area contributed by atoms with Crippen LogP contribution in [0.4, 0.5) is 27.5 Å². The average molecular weight is 449 g/mol. The highest BCUT2D eigenvalue weighted by atomic mass is 35.5. The second kappa shape index (κ2) is 10.4. The van der Waals surface area contributed by atoms with E-state index in [-0.39, 0.29) is 18.4 Å². The van der Waals surface area contributed by atoms with E-state index in [1.54, 1.807) is 16.2 Å². The van der Waals surface area contributed by atoms with E-state index in [1.165, 1.54) is 0 Å². The van der Waals surface area contributed by atoms with Crippen LogP contribution in [0.3, 0.4) is 0 Å². The third-order valence-corrected chi connectivity index (χ3v) is 5.27. The number of nitrogens with two attached hydrogens (primary N) is 1. The van der Waals surface area contributed by atoms with Gasteiger partial charge < -0.3 is 11.1 Å². The minimum Gasteiger partial charge on any atom is -0.383 e. The normalized spacial score (nSPS) is 10.8. The van der Waals surface area contributed by atoms with Crippen molar-refractivity contribution in [2.75, 3.05) is 10.2 Å². The highest BCUT2D eigenvalue weighted by molar-refractivity contribution is 7.12. The number of nitrogens with one attached hydrogen (secondary N) is 1. The molecule has 0 saturated heterocycles. The highest BCUT2D eigenvalue weighted by Gasteiger charge is 2.17. The Morgan fingerprint density at radius 1 is 0.806 bits per heavy atom. The molecular formula is C24H21ClN4OS. The summed E-state index contributed by atoms with van der Waals surface area (Å²) in [5.41, 5.74) is 9.01. The third kappa shape index (κ3) is 5.51. The van der Waals surface area contributed by atoms with Gasteiger partial charge in [0.2, 0.25) is 0 Å². The number of hydrogen-bond acceptors (Lipinski definition) is 3. The van der Waals surface area contributed by atoms with Gasteiger partial charge in [0, 0.05) is 5.69 Å². The molecule has 0 spiro atoms. The molecule has 1 aromatic heterocycles. The summed E-state index contributed by atoms with van der Waals surface area (Å²) >= 11 is 1.54. The molecule has 2 amide bonds. The van der Waals surface area contributed by atoms with Crippen LogP contribution in [0, 0.1) is 0 Å². The Bertz CT molecular complexity index is 1090. The Balaban J connectivity index is 0.00000272. The molecule has 4 aromatic rings. The van der Waals surface area contributed by atoms with Gasteiger partial charge in [0.25, 0.3) is 0 Å². The summed E-state index contributed by atoms with van der Waals surface area (Å²) in [6, 6.07) is 30.0. The lowest BCUT2D eigenvalue weighted by atomic mass is 10.2. The van der Waals surface area contributed by atoms with Crippen LogP contribution in [0.25, 0.3) is 0 Å². The van der Waals surface area contributed by atoms with Crippen molar-refractivity contribution in [1.82, 2.24) is 0 Å². The van der Waals surface area contributed by atoms with E-state index < -0.39 is 0 Å². The zero-order chi connectivity index (χ0) is 20.8. The highest BCUT2D eigenvalue weighted by Crippen LogP contribution is 2.26. The molecule has 0 aliphatic rings. The van der Waals surface area contributed by atoms with E-state index in [4.69, 9.17) is 5.73 Å². The van der Waals surface area contributed by atoms with E-state index in [1.807, 2.05) is 102 Å². The fourth-order valence-corrected chi connectivity index (χ4v) is 3.58. The van der Waals surface area contributed by atoms with Gasteiger partial charge in [-0.1, -0.05) is 42.5 Å². The van der Waals surface area contributed by atoms with Crippen LogP contribution >= 0.6 is 23.7 Å². The number of rotatable bonds is 5. The van der Waals surface area contributed by atoms with Crippen molar-refractivity contribution < 1.29 is 4.79 Å². The zero-order valence-corrected chi connectivity index (χ0v) is 18.1. The number of para-hydroxylation sites is 2. The number of nitrogens with zero attached hydrogens (tertiary/aromatic N) is 2. The van der Waals surface area contributed by atoms with Gasteiger partial charge in [-0.25, -0.2) is 9.79 Å². The van der Waals surface area contributed by atoms with Gasteiger partial charge in [-0.05, 0) is 60.0 Å². The summed E-state index contributed by atoms with van der Waals surface area (Å²) in [4.78, 5) is 20.1. The maximum Gasteiger partial charge on any atom is 0.330 e. The lowest BCUT2D eigenvalue weighted by Crippen LogP contribution is -2.30. The van der Waals surface area contributed by atoms with Crippen molar-refractivity contribution in [1.29, 1.82) is 0 Å². The Morgan fingerprint density at radius 3 is 1.90 bits per heavy atom. The summed E-state index contributed by atoms with van der Waals surface area (Å²) < 4.78 is 0. The smallest absolute Gasteiger partial charge is 0.330 e. The van der Waals surface area contributed by atoms with Crippen molar-refractivity contribution in [2.45, 2.75) is 0 Å². The molecule has 156 valence electrons. The van der Waals surface area contributed by atoms with Crippen LogP contribution in [-0.2, 0) is 0 Å². The summed E-state index contributed by atoms with van der Waals surface area (Å²) in [5, 5.41) is 4.92. The monoisotopic (exact) mass is 448 g/mol. The van der Waals surface area contributed by atoms with Crippen LogP contribution in [0.5, 0.6) is 0 Å². The van der Waals surface area contributed by atoms with Gasteiger partial charge in [0.05, 0.1) is 21.9 Å². The predicted octanol–water partition coefficient (Wildman–Crippen LogP) is 6.58. The van der Waals surface area contributed by atoms with Crippen molar-refractivity contribution >= 4 is 58.4 Å². The molecule has 0 aliphatic heterocycles. The van der Waals surface area contributed by atoms with E-state index in [0.717, 1.165) is 21.9 Å². The first-order chi connectivity index (χ1) is 14.7. The molecule has 3 N–H and O–H groups in total. The van der Waals surface area contributed by atoms with Crippen molar-refractivity contribution in [3.05, 3.63) is 107 Å². The van der Waals surface area contributed by atoms with Gasteiger partial charge in [-0.3, -0.25) is 4.90 Å². The Kier molecular flexibility index (Phi) is 7.43. The molecule has 0 saturated carbocycles. The van der Waals surface area contributed by atoms with Gasteiger partial charge in [-0.15, -0.1) is 23.7 Å². The number of hydrogen-bond donors (Lipinski definition) is 2. The number of halogens is 1. The van der Waals surface area contributed by atoms with E-state index in [2.05, 4.69) is 10.3 Å². The Hall–Kier alpha value is -3.61. The standard InChI is InChI=1S/C24H20N4OS.ClH/c25-23(22-12-7-17-30-22)26-18-13-15-19(16-14-18)27-24(29)28(20-8-3-1-4-9-20)21-10-5-2-6-11-21;/h1-17H,(H2,25,26)(H,27,29);1H. The Morgan fingerprint density at radius 2 is 1.39 bits per heavy atom. The number of benzene rings is 3. The third-order valence-electron chi connectivity index (χ3n) is 4.37. The number of aliphatic imine (C=N–C) groups is 1. The second-order valence-electron chi connectivity index (χ2n) is 6.46. The zero-order valence-electron chi connectivity index (χ0n) is 16.5. The number of amidine groups is 1. The summed E-state index contributed by atoms with van der Waals surface area (Å²) in [6.07, 6.45) is 0. The molecular weight excluding hydrogens is 428 g/mol. The van der Waals surface area contributed by atoms with Crippen LogP contribution in [-0.4, -0.2) is 11.9 Å². The molecule has 7 heteroatoms. The molecule has 0 atom stereocenters. The lowest BCUT2D eigenvalue weighted by Gasteiger charge is -2.23. The Labute approximate surface area is 191 Å². The molecule has 0 aliphatic carbocycles. The van der Waals surface area contributed by atoms with E-state index >= 15 is 0 Å². The number of carbonyl (C=O) groups excluding carboxylic acids is 1. The summed E-state index contributed by atoms with van der Waals surface area (Å²) in [5.74, 6) is 0.473. The summed E-state index contributed by atoms with van der Waals surface area (Å²) in [7, 11) is 0. The first kappa shape index (κ1) is 22.1. The maximum atomic E-state index is 13.1. The first-order valence-corrected chi connectivity index (χ1v) is 10.3. The van der Waals surface area contributed by atoms with Gasteiger partial charge in [-0.2, -0.15) is 0 Å². The van der Waals surface area contributed by atoms with Crippen molar-refractivity contribution in [2.24, 2.45) is 10.7 Å². The minimum atomic E-state index is -0.248. The fraction of sp³-hybridized carbons (Fsp3) is 0. The average Bonchev–Trinajstić information content (AvgIpc) is 3.32. The molecule has 1 heterocycles. The summed E-state index contributed by atoms with van der Waals surface area (Å²) in [6.45, 7) is 0. The van der Waals surface area contributed by atoms with Crippen molar-refractivity contribution in [3.63, 3.8) is 0 Å².